The largest absolute Gasteiger partial charge is 0.494 e. The van der Waals surface area contributed by atoms with E-state index in [1.165, 1.54) is 7.11 Å². The van der Waals surface area contributed by atoms with Gasteiger partial charge < -0.3 is 20.5 Å². The fourth-order valence-corrected chi connectivity index (χ4v) is 1.56. The number of carbonyl (C=O) groups is 2. The first-order chi connectivity index (χ1) is 9.01. The number of carbonyl (C=O) groups excluding carboxylic acids is 2. The Labute approximate surface area is 111 Å². The number of esters is 1. The maximum Gasteiger partial charge on any atom is 0.328 e. The molecule has 0 fully saturated rings. The van der Waals surface area contributed by atoms with Crippen molar-refractivity contribution in [2.24, 2.45) is 0 Å². The number of para-hydroxylation sites is 1. The predicted octanol–water partition coefficient (Wildman–Crippen LogP) is 0.959. The van der Waals surface area contributed by atoms with Gasteiger partial charge in [0.05, 0.1) is 25.0 Å². The molecule has 0 aliphatic rings. The molecule has 0 bridgehead atoms. The van der Waals surface area contributed by atoms with E-state index in [9.17, 15) is 9.59 Å². The Morgan fingerprint density at radius 1 is 1.42 bits per heavy atom. The van der Waals surface area contributed by atoms with Crippen molar-refractivity contribution in [3.05, 3.63) is 23.8 Å². The van der Waals surface area contributed by atoms with Crippen molar-refractivity contribution in [1.82, 2.24) is 5.32 Å². The molecule has 0 radical (unpaired) electrons. The number of nitrogens with one attached hydrogen (secondary N) is 1. The highest BCUT2D eigenvalue weighted by Gasteiger charge is 2.20. The maximum atomic E-state index is 12.0. The smallest absolute Gasteiger partial charge is 0.328 e. The summed E-state index contributed by atoms with van der Waals surface area (Å²) in [6.07, 6.45) is 0. The normalized spacial score (nSPS) is 11.5. The van der Waals surface area contributed by atoms with Crippen molar-refractivity contribution in [3.63, 3.8) is 0 Å². The Kier molecular flexibility index (Phi) is 5.17. The third-order valence-corrected chi connectivity index (χ3v) is 2.48. The highest BCUT2D eigenvalue weighted by atomic mass is 16.5. The lowest BCUT2D eigenvalue weighted by Crippen LogP contribution is -2.39. The topological polar surface area (TPSA) is 90.7 Å². The SMILES string of the molecule is CCOC(=O)C(C)NC(=O)c1cccc(N)c1OC. The molecule has 1 aromatic carbocycles. The minimum atomic E-state index is -0.737. The molecule has 6 nitrogen and oxygen atoms in total. The van der Waals surface area contributed by atoms with E-state index in [1.807, 2.05) is 0 Å². The number of amides is 1. The fraction of sp³-hybridized carbons (Fsp3) is 0.385. The van der Waals surface area contributed by atoms with Crippen LogP contribution in [0.5, 0.6) is 5.75 Å². The molecule has 0 saturated carbocycles. The summed E-state index contributed by atoms with van der Waals surface area (Å²) in [5, 5.41) is 2.53. The van der Waals surface area contributed by atoms with E-state index in [1.54, 1.807) is 32.0 Å². The van der Waals surface area contributed by atoms with Crippen LogP contribution in [0.25, 0.3) is 0 Å². The molecule has 0 heterocycles. The molecule has 104 valence electrons. The second-order valence-corrected chi connectivity index (χ2v) is 3.88. The van der Waals surface area contributed by atoms with Crippen LogP contribution < -0.4 is 15.8 Å². The highest BCUT2D eigenvalue weighted by Crippen LogP contribution is 2.25. The Hall–Kier alpha value is -2.24. The van der Waals surface area contributed by atoms with Crippen molar-refractivity contribution in [3.8, 4) is 5.75 Å². The van der Waals surface area contributed by atoms with Crippen molar-refractivity contribution in [2.45, 2.75) is 19.9 Å². The van der Waals surface area contributed by atoms with Crippen LogP contribution in [-0.2, 0) is 9.53 Å². The highest BCUT2D eigenvalue weighted by molar-refractivity contribution is 6.00. The fourth-order valence-electron chi connectivity index (χ4n) is 1.56. The van der Waals surface area contributed by atoms with Gasteiger partial charge in [0.15, 0.2) is 5.75 Å². The summed E-state index contributed by atoms with van der Waals surface area (Å²) in [5.41, 5.74) is 6.35. The molecule has 0 aromatic heterocycles. The number of methoxy groups -OCH3 is 1. The van der Waals surface area contributed by atoms with Gasteiger partial charge in [-0.3, -0.25) is 4.79 Å². The van der Waals surface area contributed by atoms with Crippen LogP contribution in [0.1, 0.15) is 24.2 Å². The lowest BCUT2D eigenvalue weighted by Gasteiger charge is -2.15. The summed E-state index contributed by atoms with van der Waals surface area (Å²) in [6.45, 7) is 3.52. The molecule has 1 atom stereocenters. The molecule has 1 unspecified atom stereocenters. The second-order valence-electron chi connectivity index (χ2n) is 3.88. The quantitative estimate of drug-likeness (QED) is 0.612. The van der Waals surface area contributed by atoms with Gasteiger partial charge in [-0.15, -0.1) is 0 Å². The molecule has 1 rings (SSSR count). The summed E-state index contributed by atoms with van der Waals surface area (Å²) in [7, 11) is 1.43. The second kappa shape index (κ2) is 6.63. The molecular weight excluding hydrogens is 248 g/mol. The maximum absolute atomic E-state index is 12.0. The lowest BCUT2D eigenvalue weighted by atomic mass is 10.1. The van der Waals surface area contributed by atoms with E-state index < -0.39 is 17.9 Å². The zero-order chi connectivity index (χ0) is 14.4. The molecule has 1 amide bonds. The average molecular weight is 266 g/mol. The van der Waals surface area contributed by atoms with Crippen LogP contribution in [0.15, 0.2) is 18.2 Å². The number of benzene rings is 1. The Bertz CT molecular complexity index is 474. The van der Waals surface area contributed by atoms with E-state index in [4.69, 9.17) is 15.2 Å². The molecule has 0 saturated heterocycles. The Morgan fingerprint density at radius 2 is 2.11 bits per heavy atom. The molecule has 6 heteroatoms. The number of ether oxygens (including phenoxy) is 2. The minimum Gasteiger partial charge on any atom is -0.494 e. The number of anilines is 1. The van der Waals surface area contributed by atoms with E-state index in [-0.39, 0.29) is 17.9 Å². The number of hydrogen-bond acceptors (Lipinski definition) is 5. The Morgan fingerprint density at radius 3 is 2.68 bits per heavy atom. The monoisotopic (exact) mass is 266 g/mol. The number of hydrogen-bond donors (Lipinski definition) is 2. The van der Waals surface area contributed by atoms with Gasteiger partial charge in [0.1, 0.15) is 6.04 Å². The molecule has 0 spiro atoms. The van der Waals surface area contributed by atoms with Crippen LogP contribution in [0.2, 0.25) is 0 Å². The molecular formula is C13H18N2O4. The zero-order valence-electron chi connectivity index (χ0n) is 11.2. The molecule has 19 heavy (non-hydrogen) atoms. The predicted molar refractivity (Wildman–Crippen MR) is 71.0 cm³/mol. The zero-order valence-corrected chi connectivity index (χ0v) is 11.2. The van der Waals surface area contributed by atoms with Crippen LogP contribution in [0.4, 0.5) is 5.69 Å². The third kappa shape index (κ3) is 3.61. The average Bonchev–Trinajstić information content (AvgIpc) is 2.38. The Balaban J connectivity index is 2.84. The van der Waals surface area contributed by atoms with Gasteiger partial charge in [-0.25, -0.2) is 4.79 Å². The van der Waals surface area contributed by atoms with Crippen LogP contribution in [0.3, 0.4) is 0 Å². The van der Waals surface area contributed by atoms with Crippen LogP contribution >= 0.6 is 0 Å². The van der Waals surface area contributed by atoms with Crippen LogP contribution in [0, 0.1) is 0 Å². The van der Waals surface area contributed by atoms with Gasteiger partial charge in [-0.2, -0.15) is 0 Å². The van der Waals surface area contributed by atoms with Gasteiger partial charge in [0.2, 0.25) is 0 Å². The molecule has 3 N–H and O–H groups in total. The molecule has 0 aliphatic heterocycles. The van der Waals surface area contributed by atoms with Gasteiger partial charge >= 0.3 is 5.97 Å². The summed E-state index contributed by atoms with van der Waals surface area (Å²) in [6, 6.07) is 4.10. The van der Waals surface area contributed by atoms with Crippen molar-refractivity contribution in [1.29, 1.82) is 0 Å². The number of nitrogens with two attached hydrogens (primary N) is 1. The van der Waals surface area contributed by atoms with E-state index in [2.05, 4.69) is 5.32 Å². The minimum absolute atomic E-state index is 0.265. The van der Waals surface area contributed by atoms with Gasteiger partial charge in [0, 0.05) is 0 Å². The van der Waals surface area contributed by atoms with Crippen molar-refractivity contribution >= 4 is 17.6 Å². The summed E-state index contributed by atoms with van der Waals surface area (Å²) < 4.78 is 9.90. The van der Waals surface area contributed by atoms with Crippen molar-refractivity contribution in [2.75, 3.05) is 19.5 Å². The summed E-state index contributed by atoms with van der Waals surface area (Å²) in [5.74, 6) is -0.639. The van der Waals surface area contributed by atoms with E-state index >= 15 is 0 Å². The first kappa shape index (κ1) is 14.8. The van der Waals surface area contributed by atoms with Gasteiger partial charge in [-0.1, -0.05) is 6.07 Å². The summed E-state index contributed by atoms with van der Waals surface area (Å²) >= 11 is 0. The van der Waals surface area contributed by atoms with E-state index in [0.29, 0.717) is 5.69 Å². The first-order valence-electron chi connectivity index (χ1n) is 5.91. The number of nitrogen functional groups attached to an aromatic ring is 1. The standard InChI is InChI=1S/C13H18N2O4/c1-4-19-13(17)8(2)15-12(16)9-6-5-7-10(14)11(9)18-3/h5-8H,4,14H2,1-3H3,(H,15,16). The summed E-state index contributed by atoms with van der Waals surface area (Å²) in [4.78, 5) is 23.5. The van der Waals surface area contributed by atoms with E-state index in [0.717, 1.165) is 0 Å². The van der Waals surface area contributed by atoms with Crippen LogP contribution in [-0.4, -0.2) is 31.6 Å². The first-order valence-corrected chi connectivity index (χ1v) is 5.91. The molecule has 1 aromatic rings. The third-order valence-electron chi connectivity index (χ3n) is 2.48. The van der Waals surface area contributed by atoms with Crippen molar-refractivity contribution < 1.29 is 19.1 Å². The lowest BCUT2D eigenvalue weighted by molar-refractivity contribution is -0.144. The van der Waals surface area contributed by atoms with Gasteiger partial charge in [-0.05, 0) is 26.0 Å². The van der Waals surface area contributed by atoms with Gasteiger partial charge in [0.25, 0.3) is 5.91 Å². The number of rotatable bonds is 5. The molecule has 0 aliphatic carbocycles.